The molecule has 1 aliphatic rings. The van der Waals surface area contributed by atoms with Gasteiger partial charge in [-0.25, -0.2) is 4.68 Å². The van der Waals surface area contributed by atoms with Gasteiger partial charge in [0.15, 0.2) is 0 Å². The number of hydrogen-bond donors (Lipinski definition) is 1. The van der Waals surface area contributed by atoms with Gasteiger partial charge in [0.2, 0.25) is 11.8 Å². The maximum absolute atomic E-state index is 11.9. The average Bonchev–Trinajstić information content (AvgIpc) is 2.83. The summed E-state index contributed by atoms with van der Waals surface area (Å²) in [7, 11) is 0. The van der Waals surface area contributed by atoms with E-state index in [1.165, 1.54) is 0 Å². The summed E-state index contributed by atoms with van der Waals surface area (Å²) >= 11 is 0. The molecule has 1 atom stereocenters. The average molecular weight is 250 g/mol. The van der Waals surface area contributed by atoms with Gasteiger partial charge in [-0.15, -0.1) is 0 Å². The molecule has 6 heteroatoms. The summed E-state index contributed by atoms with van der Waals surface area (Å²) in [6, 6.07) is 1.80. The topological polar surface area (TPSA) is 81.2 Å². The maximum atomic E-state index is 11.9. The van der Waals surface area contributed by atoms with E-state index in [-0.39, 0.29) is 18.2 Å². The van der Waals surface area contributed by atoms with Crippen LogP contribution in [0.3, 0.4) is 0 Å². The van der Waals surface area contributed by atoms with Crippen LogP contribution >= 0.6 is 0 Å². The molecule has 1 aliphatic heterocycles. The molecule has 0 bridgehead atoms. The predicted molar refractivity (Wildman–Crippen MR) is 66.7 cm³/mol. The van der Waals surface area contributed by atoms with Gasteiger partial charge in [-0.2, -0.15) is 5.10 Å². The highest BCUT2D eigenvalue weighted by Crippen LogP contribution is 2.25. The molecule has 18 heavy (non-hydrogen) atoms. The third-order valence-corrected chi connectivity index (χ3v) is 3.04. The molecule has 2 heterocycles. The van der Waals surface area contributed by atoms with E-state index in [4.69, 9.17) is 5.73 Å². The molecule has 1 aromatic rings. The Balaban J connectivity index is 2.19. The summed E-state index contributed by atoms with van der Waals surface area (Å²) < 4.78 is 1.80. The third-order valence-electron chi connectivity index (χ3n) is 3.04. The lowest BCUT2D eigenvalue weighted by atomic mass is 10.1. The molecule has 1 aromatic heterocycles. The summed E-state index contributed by atoms with van der Waals surface area (Å²) in [5.74, 6) is 0.315. The molecule has 1 saturated heterocycles. The summed E-state index contributed by atoms with van der Waals surface area (Å²) in [6.45, 7) is 5.28. The molecular weight excluding hydrogens is 232 g/mol. The summed E-state index contributed by atoms with van der Waals surface area (Å²) in [4.78, 5) is 24.7. The van der Waals surface area contributed by atoms with Crippen LogP contribution in [0.1, 0.15) is 20.3 Å². The molecule has 1 unspecified atom stereocenters. The number of hydrogen-bond acceptors (Lipinski definition) is 3. The van der Waals surface area contributed by atoms with E-state index in [1.54, 1.807) is 21.8 Å². The Labute approximate surface area is 106 Å². The second kappa shape index (κ2) is 4.80. The largest absolute Gasteiger partial charge is 0.369 e. The van der Waals surface area contributed by atoms with Gasteiger partial charge in [0.25, 0.3) is 0 Å². The van der Waals surface area contributed by atoms with E-state index >= 15 is 0 Å². The fourth-order valence-electron chi connectivity index (χ4n) is 2.16. The first-order valence-corrected chi connectivity index (χ1v) is 6.10. The predicted octanol–water partition coefficient (Wildman–Crippen LogP) is 0.377. The smallest absolute Gasteiger partial charge is 0.229 e. The van der Waals surface area contributed by atoms with Gasteiger partial charge >= 0.3 is 0 Å². The molecule has 0 radical (unpaired) electrons. The van der Waals surface area contributed by atoms with Crippen molar-refractivity contribution in [1.29, 1.82) is 0 Å². The number of anilines is 1. The second-order valence-electron chi connectivity index (χ2n) is 5.07. The minimum Gasteiger partial charge on any atom is -0.369 e. The highest BCUT2D eigenvalue weighted by molar-refractivity contribution is 5.99. The number of amides is 2. The molecule has 1 fully saturated rings. The van der Waals surface area contributed by atoms with Crippen LogP contribution in [0.25, 0.3) is 0 Å². The minimum absolute atomic E-state index is 0.0655. The van der Waals surface area contributed by atoms with Crippen LogP contribution in [0.2, 0.25) is 0 Å². The van der Waals surface area contributed by atoms with Crippen molar-refractivity contribution in [2.45, 2.75) is 26.8 Å². The first-order valence-electron chi connectivity index (χ1n) is 6.10. The molecule has 2 N–H and O–H groups in total. The lowest BCUT2D eigenvalue weighted by molar-refractivity contribution is -0.123. The molecule has 0 spiro atoms. The van der Waals surface area contributed by atoms with Gasteiger partial charge in [-0.3, -0.25) is 14.5 Å². The van der Waals surface area contributed by atoms with Crippen LogP contribution in [0.15, 0.2) is 12.3 Å². The Bertz CT molecular complexity index is 466. The van der Waals surface area contributed by atoms with Crippen molar-refractivity contribution < 1.29 is 9.59 Å². The monoisotopic (exact) mass is 250 g/mol. The van der Waals surface area contributed by atoms with Gasteiger partial charge in [-0.1, -0.05) is 13.8 Å². The van der Waals surface area contributed by atoms with Crippen LogP contribution in [0.5, 0.6) is 0 Å². The van der Waals surface area contributed by atoms with Crippen LogP contribution in [0, 0.1) is 11.8 Å². The lowest BCUT2D eigenvalue weighted by Gasteiger charge is -2.18. The zero-order chi connectivity index (χ0) is 13.3. The van der Waals surface area contributed by atoms with Crippen molar-refractivity contribution in [2.75, 3.05) is 11.4 Å². The van der Waals surface area contributed by atoms with Crippen molar-refractivity contribution in [3.63, 3.8) is 0 Å². The standard InChI is InChI=1S/C12H18N4O2/c1-8(2)6-16-10(3-4-14-16)15-7-9(12(13)18)5-11(15)17/h3-4,8-9H,5-7H2,1-2H3,(H2,13,18). The summed E-state index contributed by atoms with van der Waals surface area (Å²) in [6.07, 6.45) is 1.87. The SMILES string of the molecule is CC(C)Cn1nccc1N1CC(C(N)=O)CC1=O. The van der Waals surface area contributed by atoms with Gasteiger partial charge in [0.05, 0.1) is 12.1 Å². The molecule has 0 saturated carbocycles. The number of aromatic nitrogens is 2. The fourth-order valence-corrected chi connectivity index (χ4v) is 2.16. The number of nitrogens with zero attached hydrogens (tertiary/aromatic N) is 3. The number of nitrogens with two attached hydrogens (primary N) is 1. The van der Waals surface area contributed by atoms with Crippen molar-refractivity contribution in [3.05, 3.63) is 12.3 Å². The molecule has 98 valence electrons. The van der Waals surface area contributed by atoms with Gasteiger partial charge < -0.3 is 5.73 Å². The highest BCUT2D eigenvalue weighted by atomic mass is 16.2. The normalized spacial score (nSPS) is 19.8. The number of carbonyl (C=O) groups excluding carboxylic acids is 2. The van der Waals surface area contributed by atoms with E-state index in [9.17, 15) is 9.59 Å². The van der Waals surface area contributed by atoms with Crippen molar-refractivity contribution >= 4 is 17.6 Å². The number of primary amides is 1. The van der Waals surface area contributed by atoms with E-state index in [1.807, 2.05) is 0 Å². The zero-order valence-electron chi connectivity index (χ0n) is 10.7. The number of rotatable bonds is 4. The molecule has 0 aliphatic carbocycles. The third kappa shape index (κ3) is 2.37. The van der Waals surface area contributed by atoms with Crippen LogP contribution in [-0.4, -0.2) is 28.1 Å². The highest BCUT2D eigenvalue weighted by Gasteiger charge is 2.35. The molecule has 6 nitrogen and oxygen atoms in total. The Morgan fingerprint density at radius 2 is 2.33 bits per heavy atom. The van der Waals surface area contributed by atoms with Crippen LogP contribution in [0.4, 0.5) is 5.82 Å². The van der Waals surface area contributed by atoms with Gasteiger partial charge in [-0.05, 0) is 5.92 Å². The summed E-state index contributed by atoms with van der Waals surface area (Å²) in [5, 5.41) is 4.21. The van der Waals surface area contributed by atoms with Crippen LogP contribution < -0.4 is 10.6 Å². The van der Waals surface area contributed by atoms with Crippen LogP contribution in [-0.2, 0) is 16.1 Å². The van der Waals surface area contributed by atoms with E-state index in [0.717, 1.165) is 12.4 Å². The Morgan fingerprint density at radius 1 is 1.61 bits per heavy atom. The zero-order valence-corrected chi connectivity index (χ0v) is 10.7. The first-order chi connectivity index (χ1) is 8.49. The second-order valence-corrected chi connectivity index (χ2v) is 5.07. The molecule has 0 aromatic carbocycles. The van der Waals surface area contributed by atoms with E-state index in [2.05, 4.69) is 18.9 Å². The maximum Gasteiger partial charge on any atom is 0.229 e. The Morgan fingerprint density at radius 3 is 2.89 bits per heavy atom. The van der Waals surface area contributed by atoms with Gasteiger partial charge in [0.1, 0.15) is 5.82 Å². The number of carbonyl (C=O) groups is 2. The minimum atomic E-state index is -0.416. The molecule has 2 amide bonds. The Kier molecular flexibility index (Phi) is 3.36. The molecule has 2 rings (SSSR count). The fraction of sp³-hybridized carbons (Fsp3) is 0.583. The van der Waals surface area contributed by atoms with E-state index in [0.29, 0.717) is 12.5 Å². The lowest BCUT2D eigenvalue weighted by Crippen LogP contribution is -2.30. The summed E-state index contributed by atoms with van der Waals surface area (Å²) in [5.41, 5.74) is 5.25. The molecular formula is C12H18N4O2. The van der Waals surface area contributed by atoms with Crippen molar-refractivity contribution in [2.24, 2.45) is 17.6 Å². The quantitative estimate of drug-likeness (QED) is 0.838. The van der Waals surface area contributed by atoms with E-state index < -0.39 is 5.91 Å². The van der Waals surface area contributed by atoms with Crippen molar-refractivity contribution in [3.8, 4) is 0 Å². The van der Waals surface area contributed by atoms with Gasteiger partial charge in [0, 0.05) is 25.6 Å². The Hall–Kier alpha value is -1.85. The first kappa shape index (κ1) is 12.6. The van der Waals surface area contributed by atoms with Crippen molar-refractivity contribution in [1.82, 2.24) is 9.78 Å².